The van der Waals surface area contributed by atoms with Crippen LogP contribution in [0, 0.1) is 5.92 Å². The molecule has 0 spiro atoms. The summed E-state index contributed by atoms with van der Waals surface area (Å²) in [4.78, 5) is 0.354. The fraction of sp³-hybridized carbons (Fsp3) is 0.733. The van der Waals surface area contributed by atoms with E-state index in [0.29, 0.717) is 23.2 Å². The molecule has 1 aliphatic carbocycles. The van der Waals surface area contributed by atoms with Gasteiger partial charge in [0.2, 0.25) is 10.0 Å². The Morgan fingerprint density at radius 1 is 1.38 bits per heavy atom. The predicted molar refractivity (Wildman–Crippen MR) is 86.1 cm³/mol. The lowest BCUT2D eigenvalue weighted by molar-refractivity contribution is 0.387. The molecule has 1 aromatic rings. The van der Waals surface area contributed by atoms with Crippen LogP contribution in [-0.2, 0) is 15.9 Å². The normalized spacial score (nSPS) is 17.2. The summed E-state index contributed by atoms with van der Waals surface area (Å²) >= 11 is 5.93. The summed E-state index contributed by atoms with van der Waals surface area (Å²) < 4.78 is 28.8. The van der Waals surface area contributed by atoms with Crippen LogP contribution in [-0.4, -0.2) is 30.9 Å². The first-order valence-corrected chi connectivity index (χ1v) is 9.56. The van der Waals surface area contributed by atoms with Crippen molar-refractivity contribution in [3.8, 4) is 0 Å². The Bertz CT molecular complexity index is 574. The van der Waals surface area contributed by atoms with Crippen molar-refractivity contribution in [2.24, 2.45) is 5.92 Å². The second-order valence-electron chi connectivity index (χ2n) is 6.24. The van der Waals surface area contributed by atoms with Gasteiger partial charge in [0.05, 0.1) is 5.88 Å². The Labute approximate surface area is 133 Å². The molecule has 0 aliphatic heterocycles. The van der Waals surface area contributed by atoms with Crippen LogP contribution in [0.2, 0.25) is 0 Å². The quantitative estimate of drug-likeness (QED) is 0.747. The first kappa shape index (κ1) is 16.8. The molecule has 1 aliphatic rings. The smallest absolute Gasteiger partial charge is 0.244 e. The largest absolute Gasteiger partial charge is 0.346 e. The van der Waals surface area contributed by atoms with Gasteiger partial charge in [-0.2, -0.15) is 0 Å². The Morgan fingerprint density at radius 2 is 2.00 bits per heavy atom. The van der Waals surface area contributed by atoms with Crippen molar-refractivity contribution in [2.75, 3.05) is 13.6 Å². The van der Waals surface area contributed by atoms with E-state index < -0.39 is 10.0 Å². The van der Waals surface area contributed by atoms with Gasteiger partial charge in [-0.05, 0) is 38.7 Å². The first-order chi connectivity index (χ1) is 9.86. The SMILES string of the molecule is CC(C)n1cc(S(=O)(=O)N(C)CC2CCCC2)cc1CCl. The van der Waals surface area contributed by atoms with Crippen molar-refractivity contribution in [1.82, 2.24) is 8.87 Å². The standard InChI is InChI=1S/C15H25ClN2O2S/c1-12(2)18-11-15(8-14(18)9-16)21(19,20)17(3)10-13-6-4-5-7-13/h8,11-13H,4-7,9-10H2,1-3H3. The first-order valence-electron chi connectivity index (χ1n) is 7.59. The molecule has 0 saturated heterocycles. The number of rotatable bonds is 6. The number of alkyl halides is 1. The highest BCUT2D eigenvalue weighted by atomic mass is 35.5. The van der Waals surface area contributed by atoms with E-state index in [0.717, 1.165) is 18.5 Å². The minimum absolute atomic E-state index is 0.197. The topological polar surface area (TPSA) is 42.3 Å². The molecule has 21 heavy (non-hydrogen) atoms. The third-order valence-corrected chi connectivity index (χ3v) is 6.36. The highest BCUT2D eigenvalue weighted by Crippen LogP contribution is 2.28. The summed E-state index contributed by atoms with van der Waals surface area (Å²) in [5, 5.41) is 0. The summed E-state index contributed by atoms with van der Waals surface area (Å²) in [6.07, 6.45) is 6.43. The molecule has 0 N–H and O–H groups in total. The molecule has 4 nitrogen and oxygen atoms in total. The summed E-state index contributed by atoms with van der Waals surface area (Å²) in [7, 11) is -1.74. The van der Waals surface area contributed by atoms with E-state index in [-0.39, 0.29) is 6.04 Å². The van der Waals surface area contributed by atoms with E-state index in [9.17, 15) is 8.42 Å². The molecule has 6 heteroatoms. The fourth-order valence-electron chi connectivity index (χ4n) is 3.06. The van der Waals surface area contributed by atoms with Gasteiger partial charge in [0.1, 0.15) is 4.90 Å². The maximum absolute atomic E-state index is 12.7. The van der Waals surface area contributed by atoms with E-state index >= 15 is 0 Å². The van der Waals surface area contributed by atoms with Crippen LogP contribution in [0.4, 0.5) is 0 Å². The molecule has 0 unspecified atom stereocenters. The Balaban J connectivity index is 2.21. The molecular formula is C15H25ClN2O2S. The zero-order valence-corrected chi connectivity index (χ0v) is 14.6. The molecule has 0 bridgehead atoms. The minimum Gasteiger partial charge on any atom is -0.346 e. The van der Waals surface area contributed by atoms with Gasteiger partial charge >= 0.3 is 0 Å². The number of hydrogen-bond donors (Lipinski definition) is 0. The minimum atomic E-state index is -3.42. The van der Waals surface area contributed by atoms with E-state index in [1.807, 2.05) is 18.4 Å². The average molecular weight is 333 g/mol. The highest BCUT2D eigenvalue weighted by molar-refractivity contribution is 7.89. The van der Waals surface area contributed by atoms with Gasteiger partial charge in [-0.1, -0.05) is 12.8 Å². The molecule has 1 heterocycles. The summed E-state index contributed by atoms with van der Waals surface area (Å²) in [5.74, 6) is 0.824. The predicted octanol–water partition coefficient (Wildman–Crippen LogP) is 3.62. The van der Waals surface area contributed by atoms with Gasteiger partial charge in [0.15, 0.2) is 0 Å². The van der Waals surface area contributed by atoms with E-state index in [1.165, 1.54) is 17.1 Å². The zero-order chi connectivity index (χ0) is 15.6. The molecule has 0 radical (unpaired) electrons. The molecule has 0 aromatic carbocycles. The lowest BCUT2D eigenvalue weighted by Crippen LogP contribution is -2.31. The van der Waals surface area contributed by atoms with Gasteiger partial charge in [0.25, 0.3) is 0 Å². The molecule has 0 atom stereocenters. The monoisotopic (exact) mass is 332 g/mol. The van der Waals surface area contributed by atoms with Crippen molar-refractivity contribution in [2.45, 2.75) is 56.3 Å². The van der Waals surface area contributed by atoms with Gasteiger partial charge < -0.3 is 4.57 Å². The molecule has 2 rings (SSSR count). The maximum atomic E-state index is 12.7. The fourth-order valence-corrected chi connectivity index (χ4v) is 4.57. The van der Waals surface area contributed by atoms with E-state index in [2.05, 4.69) is 0 Å². The third kappa shape index (κ3) is 3.63. The van der Waals surface area contributed by atoms with Crippen molar-refractivity contribution >= 4 is 21.6 Å². The van der Waals surface area contributed by atoms with Crippen LogP contribution in [0.25, 0.3) is 0 Å². The number of sulfonamides is 1. The molecule has 0 amide bonds. The third-order valence-electron chi connectivity index (χ3n) is 4.30. The van der Waals surface area contributed by atoms with Gasteiger partial charge in [-0.15, -0.1) is 11.6 Å². The molecule has 1 saturated carbocycles. The van der Waals surface area contributed by atoms with Crippen LogP contribution < -0.4 is 0 Å². The van der Waals surface area contributed by atoms with Crippen molar-refractivity contribution < 1.29 is 8.42 Å². The number of halogens is 1. The summed E-state index contributed by atoms with van der Waals surface area (Å²) in [6.45, 7) is 4.66. The Kier molecular flexibility index (Phi) is 5.38. The van der Waals surface area contributed by atoms with Crippen molar-refractivity contribution in [3.63, 3.8) is 0 Å². The Hall–Kier alpha value is -0.520. The molecule has 1 fully saturated rings. The number of aromatic nitrogens is 1. The Morgan fingerprint density at radius 3 is 2.48 bits per heavy atom. The highest BCUT2D eigenvalue weighted by Gasteiger charge is 2.27. The lowest BCUT2D eigenvalue weighted by atomic mass is 10.1. The summed E-state index contributed by atoms with van der Waals surface area (Å²) in [6, 6.07) is 1.90. The van der Waals surface area contributed by atoms with Gasteiger partial charge in [-0.25, -0.2) is 12.7 Å². The molecule has 120 valence electrons. The van der Waals surface area contributed by atoms with Crippen LogP contribution in [0.1, 0.15) is 51.3 Å². The van der Waals surface area contributed by atoms with E-state index in [1.54, 1.807) is 19.3 Å². The van der Waals surface area contributed by atoms with Gasteiger partial charge in [0, 0.05) is 31.5 Å². The molecular weight excluding hydrogens is 308 g/mol. The number of nitrogens with zero attached hydrogens (tertiary/aromatic N) is 2. The zero-order valence-electron chi connectivity index (χ0n) is 13.0. The van der Waals surface area contributed by atoms with Crippen LogP contribution in [0.3, 0.4) is 0 Å². The van der Waals surface area contributed by atoms with Crippen molar-refractivity contribution in [3.05, 3.63) is 18.0 Å². The van der Waals surface area contributed by atoms with Crippen LogP contribution in [0.15, 0.2) is 17.2 Å². The van der Waals surface area contributed by atoms with Crippen LogP contribution >= 0.6 is 11.6 Å². The van der Waals surface area contributed by atoms with E-state index in [4.69, 9.17) is 11.6 Å². The molecule has 1 aromatic heterocycles. The lowest BCUT2D eigenvalue weighted by Gasteiger charge is -2.20. The number of hydrogen-bond acceptors (Lipinski definition) is 2. The van der Waals surface area contributed by atoms with Gasteiger partial charge in [-0.3, -0.25) is 0 Å². The average Bonchev–Trinajstić information content (AvgIpc) is 3.06. The second kappa shape index (κ2) is 6.71. The summed E-state index contributed by atoms with van der Waals surface area (Å²) in [5.41, 5.74) is 0.847. The maximum Gasteiger partial charge on any atom is 0.244 e. The van der Waals surface area contributed by atoms with Crippen molar-refractivity contribution in [1.29, 1.82) is 0 Å². The second-order valence-corrected chi connectivity index (χ2v) is 8.55. The van der Waals surface area contributed by atoms with Crippen LogP contribution in [0.5, 0.6) is 0 Å².